The Bertz CT molecular complexity index is 644. The fraction of sp³-hybridized carbons (Fsp3) is 0.933. The molecule has 40 heavy (non-hydrogen) atoms. The maximum Gasteiger partial charge on any atom is 0.306 e. The van der Waals surface area contributed by atoms with Crippen LogP contribution in [0.3, 0.4) is 0 Å². The quantitative estimate of drug-likeness (QED) is 0.0982. The lowest BCUT2D eigenvalue weighted by molar-refractivity contribution is -0.305. The van der Waals surface area contributed by atoms with Crippen molar-refractivity contribution in [3.05, 3.63) is 0 Å². The molecule has 0 amide bonds. The van der Waals surface area contributed by atoms with E-state index in [1.54, 1.807) is 0 Å². The summed E-state index contributed by atoms with van der Waals surface area (Å²) in [6.07, 6.45) is 9.08. The molecule has 0 aromatic carbocycles. The summed E-state index contributed by atoms with van der Waals surface area (Å²) in [6.45, 7) is 3.24. The molecule has 236 valence electrons. The lowest BCUT2D eigenvalue weighted by Crippen LogP contribution is -2.59. The summed E-state index contributed by atoms with van der Waals surface area (Å²) < 4.78 is 21.7. The van der Waals surface area contributed by atoms with Crippen molar-refractivity contribution in [2.45, 2.75) is 160 Å². The fourth-order valence-electron chi connectivity index (χ4n) is 4.66. The number of unbranched alkanes of at least 4 members (excludes halogenated alkanes) is 13. The van der Waals surface area contributed by atoms with Crippen molar-refractivity contribution >= 4 is 11.9 Å². The van der Waals surface area contributed by atoms with Crippen molar-refractivity contribution in [1.29, 1.82) is 0 Å². The van der Waals surface area contributed by atoms with Gasteiger partial charge in [0.2, 0.25) is 0 Å². The van der Waals surface area contributed by atoms with E-state index in [1.165, 1.54) is 51.4 Å². The van der Waals surface area contributed by atoms with Gasteiger partial charge in [0, 0.05) is 12.8 Å². The smallest absolute Gasteiger partial charge is 0.306 e. The summed E-state index contributed by atoms with van der Waals surface area (Å²) in [5.74, 6) is -0.826. The summed E-state index contributed by atoms with van der Waals surface area (Å²) >= 11 is 0. The number of carbonyl (C=O) groups excluding carboxylic acids is 2. The van der Waals surface area contributed by atoms with E-state index in [0.29, 0.717) is 6.42 Å². The average molecular weight is 577 g/mol. The minimum atomic E-state index is -1.58. The molecule has 0 unspecified atom stereocenters. The number of esters is 2. The van der Waals surface area contributed by atoms with E-state index in [0.717, 1.165) is 38.5 Å². The second-order valence-electron chi connectivity index (χ2n) is 10.9. The van der Waals surface area contributed by atoms with E-state index >= 15 is 0 Å². The maximum atomic E-state index is 12.3. The van der Waals surface area contributed by atoms with Crippen molar-refractivity contribution in [3.8, 4) is 0 Å². The number of hydrogen-bond donors (Lipinski definition) is 4. The van der Waals surface area contributed by atoms with Gasteiger partial charge in [0.15, 0.2) is 12.4 Å². The molecule has 0 aliphatic carbocycles. The van der Waals surface area contributed by atoms with Crippen LogP contribution in [0, 0.1) is 0 Å². The summed E-state index contributed by atoms with van der Waals surface area (Å²) in [5.41, 5.74) is 0. The third-order valence-corrected chi connectivity index (χ3v) is 7.24. The molecule has 0 spiro atoms. The summed E-state index contributed by atoms with van der Waals surface area (Å²) in [6, 6.07) is 0. The molecule has 4 N–H and O–H groups in total. The first-order chi connectivity index (χ1) is 19.3. The number of aliphatic hydroxyl groups excluding tert-OH is 4. The van der Waals surface area contributed by atoms with Gasteiger partial charge < -0.3 is 39.4 Å². The van der Waals surface area contributed by atoms with Gasteiger partial charge in [-0.2, -0.15) is 0 Å². The number of ether oxygens (including phenoxy) is 4. The van der Waals surface area contributed by atoms with Gasteiger partial charge in [0.05, 0.1) is 13.2 Å². The molecule has 10 nitrogen and oxygen atoms in total. The Balaban J connectivity index is 2.41. The Morgan fingerprint density at radius 2 is 1.18 bits per heavy atom. The zero-order valence-corrected chi connectivity index (χ0v) is 24.8. The maximum absolute atomic E-state index is 12.3. The fourth-order valence-corrected chi connectivity index (χ4v) is 4.66. The molecule has 0 radical (unpaired) electrons. The first-order valence-corrected chi connectivity index (χ1v) is 15.6. The Morgan fingerprint density at radius 3 is 1.73 bits per heavy atom. The second-order valence-corrected chi connectivity index (χ2v) is 10.9. The highest BCUT2D eigenvalue weighted by Crippen LogP contribution is 2.22. The van der Waals surface area contributed by atoms with Crippen LogP contribution in [0.5, 0.6) is 0 Å². The van der Waals surface area contributed by atoms with Crippen LogP contribution in [-0.4, -0.2) is 89.0 Å². The molecule has 1 rings (SSSR count). The van der Waals surface area contributed by atoms with Gasteiger partial charge in [-0.05, 0) is 12.8 Å². The summed E-state index contributed by atoms with van der Waals surface area (Å²) in [4.78, 5) is 24.6. The molecule has 0 aromatic rings. The largest absolute Gasteiger partial charge is 0.462 e. The van der Waals surface area contributed by atoms with Crippen molar-refractivity contribution in [3.63, 3.8) is 0 Å². The molecule has 0 aromatic heterocycles. The lowest BCUT2D eigenvalue weighted by atomic mass is 9.99. The Hall–Kier alpha value is -1.30. The standard InChI is InChI=1S/C30H56O10/c1-3-5-7-9-10-11-12-13-14-15-17-18-25(32)37-21-23(39-26(33)19-16-8-6-4-2)22-38-30-29(36)28(35)27(34)24(20-31)40-30/h23-24,27-31,34-36H,3-22H2,1-2H3/t23-,24-,27+,28+,29-,30-/m1/s1. The zero-order chi connectivity index (χ0) is 29.6. The number of aliphatic hydroxyl groups is 4. The molecule has 1 heterocycles. The van der Waals surface area contributed by atoms with Crippen molar-refractivity contribution in [1.82, 2.24) is 0 Å². The molecular weight excluding hydrogens is 520 g/mol. The van der Waals surface area contributed by atoms with Crippen LogP contribution in [-0.2, 0) is 28.5 Å². The first-order valence-electron chi connectivity index (χ1n) is 15.6. The predicted octanol–water partition coefficient (Wildman–Crippen LogP) is 3.93. The molecule has 1 fully saturated rings. The molecule has 0 saturated carbocycles. The molecule has 0 bridgehead atoms. The van der Waals surface area contributed by atoms with Crippen LogP contribution >= 0.6 is 0 Å². The van der Waals surface area contributed by atoms with E-state index in [4.69, 9.17) is 18.9 Å². The minimum Gasteiger partial charge on any atom is -0.462 e. The summed E-state index contributed by atoms with van der Waals surface area (Å²) in [7, 11) is 0. The molecule has 10 heteroatoms. The van der Waals surface area contributed by atoms with Gasteiger partial charge in [0.1, 0.15) is 31.0 Å². The third kappa shape index (κ3) is 16.2. The zero-order valence-electron chi connectivity index (χ0n) is 24.8. The molecule has 1 saturated heterocycles. The Kier molecular flexibility index (Phi) is 21.4. The molecule has 1 aliphatic heterocycles. The molecule has 1 aliphatic rings. The van der Waals surface area contributed by atoms with Gasteiger partial charge in [0.25, 0.3) is 0 Å². The normalized spacial score (nSPS) is 23.6. The number of rotatable bonds is 24. The van der Waals surface area contributed by atoms with Crippen molar-refractivity contribution in [2.24, 2.45) is 0 Å². The Morgan fingerprint density at radius 1 is 0.675 bits per heavy atom. The van der Waals surface area contributed by atoms with E-state index in [-0.39, 0.29) is 32.0 Å². The van der Waals surface area contributed by atoms with Crippen LogP contribution in [0.1, 0.15) is 123 Å². The van der Waals surface area contributed by atoms with Gasteiger partial charge in [-0.3, -0.25) is 9.59 Å². The monoisotopic (exact) mass is 576 g/mol. The van der Waals surface area contributed by atoms with E-state index in [9.17, 15) is 30.0 Å². The van der Waals surface area contributed by atoms with E-state index in [2.05, 4.69) is 13.8 Å². The number of carbonyl (C=O) groups is 2. The van der Waals surface area contributed by atoms with Gasteiger partial charge in [-0.1, -0.05) is 97.3 Å². The first kappa shape index (κ1) is 36.7. The van der Waals surface area contributed by atoms with Crippen LogP contribution in [0.15, 0.2) is 0 Å². The lowest BCUT2D eigenvalue weighted by Gasteiger charge is -2.39. The Labute approximate surface area is 240 Å². The highest BCUT2D eigenvalue weighted by molar-refractivity contribution is 5.70. The van der Waals surface area contributed by atoms with Crippen molar-refractivity contribution < 1.29 is 49.0 Å². The van der Waals surface area contributed by atoms with Crippen LogP contribution in [0.25, 0.3) is 0 Å². The second kappa shape index (κ2) is 23.3. The van der Waals surface area contributed by atoms with Crippen LogP contribution in [0.4, 0.5) is 0 Å². The third-order valence-electron chi connectivity index (χ3n) is 7.24. The van der Waals surface area contributed by atoms with Gasteiger partial charge >= 0.3 is 11.9 Å². The molecule has 6 atom stereocenters. The van der Waals surface area contributed by atoms with Crippen LogP contribution < -0.4 is 0 Å². The van der Waals surface area contributed by atoms with Crippen LogP contribution in [0.2, 0.25) is 0 Å². The van der Waals surface area contributed by atoms with Crippen molar-refractivity contribution in [2.75, 3.05) is 19.8 Å². The van der Waals surface area contributed by atoms with E-state index < -0.39 is 49.4 Å². The van der Waals surface area contributed by atoms with Gasteiger partial charge in [-0.25, -0.2) is 0 Å². The number of hydrogen-bond acceptors (Lipinski definition) is 10. The highest BCUT2D eigenvalue weighted by Gasteiger charge is 2.44. The summed E-state index contributed by atoms with van der Waals surface area (Å²) in [5, 5.41) is 39.5. The minimum absolute atomic E-state index is 0.213. The SMILES string of the molecule is CCCCCCCCCCCCCC(=O)OC[C@H](CO[C@@H]1O[C@H](CO)[C@H](O)[C@H](O)[C@H]1O)OC(=O)CCCCCC. The average Bonchev–Trinajstić information content (AvgIpc) is 2.95. The highest BCUT2D eigenvalue weighted by atomic mass is 16.7. The predicted molar refractivity (Wildman–Crippen MR) is 150 cm³/mol. The molecular formula is C30H56O10. The van der Waals surface area contributed by atoms with Gasteiger partial charge in [-0.15, -0.1) is 0 Å². The van der Waals surface area contributed by atoms with E-state index in [1.807, 2.05) is 0 Å². The topological polar surface area (TPSA) is 152 Å².